The third-order valence-electron chi connectivity index (χ3n) is 4.97. The van der Waals surface area contributed by atoms with Crippen molar-refractivity contribution >= 4 is 23.2 Å². The molecule has 0 saturated heterocycles. The van der Waals surface area contributed by atoms with Gasteiger partial charge >= 0.3 is 0 Å². The first kappa shape index (κ1) is 19.5. The Morgan fingerprint density at radius 2 is 1.75 bits per heavy atom. The van der Waals surface area contributed by atoms with Gasteiger partial charge in [-0.05, 0) is 36.6 Å². The van der Waals surface area contributed by atoms with Crippen LogP contribution in [0, 0.1) is 16.0 Å². The third kappa shape index (κ3) is 5.16. The van der Waals surface area contributed by atoms with Crippen LogP contribution in [0.2, 0.25) is 0 Å². The monoisotopic (exact) mass is 381 g/mol. The summed E-state index contributed by atoms with van der Waals surface area (Å²) in [5.74, 6) is -0.126. The highest BCUT2D eigenvalue weighted by atomic mass is 16.6. The van der Waals surface area contributed by atoms with Crippen molar-refractivity contribution in [3.8, 4) is 0 Å². The van der Waals surface area contributed by atoms with Gasteiger partial charge < -0.3 is 10.6 Å². The highest BCUT2D eigenvalue weighted by Gasteiger charge is 2.20. The number of amides is 2. The Bertz CT molecular complexity index is 858. The summed E-state index contributed by atoms with van der Waals surface area (Å²) in [6.07, 6.45) is 5.37. The molecular formula is C21H23N3O4. The molecule has 2 aromatic carbocycles. The Morgan fingerprint density at radius 3 is 2.43 bits per heavy atom. The molecule has 2 N–H and O–H groups in total. The predicted octanol–water partition coefficient (Wildman–Crippen LogP) is 4.04. The van der Waals surface area contributed by atoms with E-state index in [1.54, 1.807) is 30.3 Å². The fourth-order valence-electron chi connectivity index (χ4n) is 3.37. The van der Waals surface area contributed by atoms with Crippen molar-refractivity contribution in [2.24, 2.45) is 5.92 Å². The molecular weight excluding hydrogens is 358 g/mol. The van der Waals surface area contributed by atoms with Crippen molar-refractivity contribution < 1.29 is 14.5 Å². The number of nitro groups is 1. The van der Waals surface area contributed by atoms with Gasteiger partial charge in [0.2, 0.25) is 5.91 Å². The Morgan fingerprint density at radius 1 is 1.04 bits per heavy atom. The Kier molecular flexibility index (Phi) is 6.37. The van der Waals surface area contributed by atoms with E-state index >= 15 is 0 Å². The zero-order valence-corrected chi connectivity index (χ0v) is 15.5. The molecule has 0 aliphatic heterocycles. The quantitative estimate of drug-likeness (QED) is 0.582. The second-order valence-corrected chi connectivity index (χ2v) is 7.01. The normalized spacial score (nSPS) is 14.3. The van der Waals surface area contributed by atoms with Crippen LogP contribution in [0.25, 0.3) is 0 Å². The first-order valence-corrected chi connectivity index (χ1v) is 9.45. The first-order valence-electron chi connectivity index (χ1n) is 9.45. The van der Waals surface area contributed by atoms with Crippen LogP contribution in [0.1, 0.15) is 48.0 Å². The summed E-state index contributed by atoms with van der Waals surface area (Å²) in [5.41, 5.74) is 1.63. The molecule has 0 bridgehead atoms. The van der Waals surface area contributed by atoms with Crippen LogP contribution >= 0.6 is 0 Å². The van der Waals surface area contributed by atoms with Crippen molar-refractivity contribution in [2.45, 2.75) is 38.6 Å². The van der Waals surface area contributed by atoms with Crippen LogP contribution in [0.5, 0.6) is 0 Å². The number of carbonyl (C=O) groups is 2. The lowest BCUT2D eigenvalue weighted by Crippen LogP contribution is -2.31. The fraction of sp³-hybridized carbons (Fsp3) is 0.333. The lowest BCUT2D eigenvalue weighted by atomic mass is 9.88. The molecule has 1 aliphatic rings. The molecule has 0 heterocycles. The molecule has 28 heavy (non-hydrogen) atoms. The van der Waals surface area contributed by atoms with Gasteiger partial charge in [0.1, 0.15) is 0 Å². The van der Waals surface area contributed by atoms with Crippen molar-refractivity contribution in [3.05, 3.63) is 69.8 Å². The number of hydrogen-bond donors (Lipinski definition) is 2. The number of benzene rings is 2. The maximum atomic E-state index is 12.3. The zero-order chi connectivity index (χ0) is 19.9. The van der Waals surface area contributed by atoms with E-state index in [1.807, 2.05) is 0 Å². The number of anilines is 1. The summed E-state index contributed by atoms with van der Waals surface area (Å²) in [6, 6.07) is 12.7. The summed E-state index contributed by atoms with van der Waals surface area (Å²) >= 11 is 0. The van der Waals surface area contributed by atoms with Crippen LogP contribution in [-0.2, 0) is 11.3 Å². The lowest BCUT2D eigenvalue weighted by Gasteiger charge is -2.20. The SMILES string of the molecule is O=C(Nc1cccc([N+](=O)[O-])c1)c1ccc(CNC(=O)C2CCCCC2)cc1. The standard InChI is InChI=1S/C21H23N3O4/c25-20(16-5-2-1-3-6-16)22-14-15-9-11-17(12-10-15)21(26)23-18-7-4-8-19(13-18)24(27)28/h4,7-13,16H,1-3,5-6,14H2,(H,22,25)(H,23,26). The van der Waals surface area contributed by atoms with Crippen molar-refractivity contribution in [1.82, 2.24) is 5.32 Å². The summed E-state index contributed by atoms with van der Waals surface area (Å²) in [6.45, 7) is 0.433. The molecule has 3 rings (SSSR count). The highest BCUT2D eigenvalue weighted by Crippen LogP contribution is 2.23. The molecule has 1 fully saturated rings. The summed E-state index contributed by atoms with van der Waals surface area (Å²) in [5, 5.41) is 16.4. The number of nitro benzene ring substituents is 1. The van der Waals surface area contributed by atoms with Gasteiger partial charge in [-0.2, -0.15) is 0 Å². The number of carbonyl (C=O) groups excluding carboxylic acids is 2. The Hall–Kier alpha value is -3.22. The van der Waals surface area contributed by atoms with Crippen molar-refractivity contribution in [2.75, 3.05) is 5.32 Å². The minimum Gasteiger partial charge on any atom is -0.352 e. The van der Waals surface area contributed by atoms with E-state index in [1.165, 1.54) is 24.6 Å². The van der Waals surface area contributed by atoms with E-state index in [-0.39, 0.29) is 23.4 Å². The lowest BCUT2D eigenvalue weighted by molar-refractivity contribution is -0.384. The fourth-order valence-corrected chi connectivity index (χ4v) is 3.37. The van der Waals surface area contributed by atoms with E-state index in [2.05, 4.69) is 10.6 Å². The van der Waals surface area contributed by atoms with Crippen LogP contribution in [0.15, 0.2) is 48.5 Å². The third-order valence-corrected chi connectivity index (χ3v) is 4.97. The Balaban J connectivity index is 1.54. The Labute approximate surface area is 163 Å². The molecule has 1 saturated carbocycles. The van der Waals surface area contributed by atoms with E-state index in [0.29, 0.717) is 17.8 Å². The summed E-state index contributed by atoms with van der Waals surface area (Å²) in [4.78, 5) is 34.8. The van der Waals surface area contributed by atoms with E-state index < -0.39 is 4.92 Å². The van der Waals surface area contributed by atoms with E-state index in [4.69, 9.17) is 0 Å². The number of rotatable bonds is 6. The minimum atomic E-state index is -0.508. The maximum Gasteiger partial charge on any atom is 0.271 e. The van der Waals surface area contributed by atoms with Gasteiger partial charge in [-0.3, -0.25) is 19.7 Å². The van der Waals surface area contributed by atoms with Gasteiger partial charge in [-0.15, -0.1) is 0 Å². The number of non-ortho nitro benzene ring substituents is 1. The molecule has 0 spiro atoms. The highest BCUT2D eigenvalue weighted by molar-refractivity contribution is 6.04. The molecule has 146 valence electrons. The molecule has 1 aliphatic carbocycles. The van der Waals surface area contributed by atoms with Gasteiger partial charge in [0.05, 0.1) is 4.92 Å². The number of nitrogens with one attached hydrogen (secondary N) is 2. The molecule has 2 aromatic rings. The van der Waals surface area contributed by atoms with Crippen LogP contribution < -0.4 is 10.6 Å². The largest absolute Gasteiger partial charge is 0.352 e. The first-order chi connectivity index (χ1) is 13.5. The molecule has 7 heteroatoms. The van der Waals surface area contributed by atoms with Crippen molar-refractivity contribution in [1.29, 1.82) is 0 Å². The smallest absolute Gasteiger partial charge is 0.271 e. The summed E-state index contributed by atoms with van der Waals surface area (Å²) < 4.78 is 0. The molecule has 0 radical (unpaired) electrons. The average molecular weight is 381 g/mol. The molecule has 7 nitrogen and oxygen atoms in total. The average Bonchev–Trinajstić information content (AvgIpc) is 2.73. The number of nitrogens with zero attached hydrogens (tertiary/aromatic N) is 1. The van der Waals surface area contributed by atoms with Gasteiger partial charge in [-0.1, -0.05) is 37.5 Å². The van der Waals surface area contributed by atoms with Crippen LogP contribution in [0.3, 0.4) is 0 Å². The second-order valence-electron chi connectivity index (χ2n) is 7.01. The summed E-state index contributed by atoms with van der Waals surface area (Å²) in [7, 11) is 0. The molecule has 0 unspecified atom stereocenters. The molecule has 0 atom stereocenters. The molecule has 0 aromatic heterocycles. The predicted molar refractivity (Wildman–Crippen MR) is 106 cm³/mol. The molecule has 2 amide bonds. The van der Waals surface area contributed by atoms with Gasteiger partial charge in [-0.25, -0.2) is 0 Å². The van der Waals surface area contributed by atoms with E-state index in [0.717, 1.165) is 31.2 Å². The van der Waals surface area contributed by atoms with Crippen LogP contribution in [0.4, 0.5) is 11.4 Å². The zero-order valence-electron chi connectivity index (χ0n) is 15.5. The minimum absolute atomic E-state index is 0.0816. The van der Waals surface area contributed by atoms with Gasteiger partial charge in [0, 0.05) is 35.8 Å². The van der Waals surface area contributed by atoms with Gasteiger partial charge in [0.25, 0.3) is 11.6 Å². The van der Waals surface area contributed by atoms with E-state index in [9.17, 15) is 19.7 Å². The topological polar surface area (TPSA) is 101 Å². The maximum absolute atomic E-state index is 12.3. The van der Waals surface area contributed by atoms with Gasteiger partial charge in [0.15, 0.2) is 0 Å². The van der Waals surface area contributed by atoms with Crippen LogP contribution in [-0.4, -0.2) is 16.7 Å². The van der Waals surface area contributed by atoms with Crippen molar-refractivity contribution in [3.63, 3.8) is 0 Å². The number of hydrogen-bond acceptors (Lipinski definition) is 4. The second kappa shape index (κ2) is 9.12.